The Morgan fingerprint density at radius 1 is 1.10 bits per heavy atom. The van der Waals surface area contributed by atoms with Crippen LogP contribution in [-0.4, -0.2) is 38.8 Å². The van der Waals surface area contributed by atoms with Gasteiger partial charge < -0.3 is 10.1 Å². The largest absolute Gasteiger partial charge is 0.496 e. The van der Waals surface area contributed by atoms with Crippen LogP contribution in [0, 0.1) is 5.92 Å². The van der Waals surface area contributed by atoms with E-state index in [0.717, 1.165) is 16.9 Å². The first-order valence-corrected chi connectivity index (χ1v) is 11.8. The summed E-state index contributed by atoms with van der Waals surface area (Å²) in [5, 5.41) is 2.96. The van der Waals surface area contributed by atoms with E-state index < -0.39 is 10.0 Å². The number of carbonyl (C=O) groups is 1. The zero-order valence-corrected chi connectivity index (χ0v) is 18.6. The number of ether oxygens (including phenoxy) is 1. The Labute approximate surface area is 179 Å². The molecule has 6 nitrogen and oxygen atoms in total. The van der Waals surface area contributed by atoms with E-state index in [1.165, 1.54) is 4.31 Å². The average Bonchev–Trinajstić information content (AvgIpc) is 2.77. The van der Waals surface area contributed by atoms with Crippen molar-refractivity contribution in [2.75, 3.05) is 20.2 Å². The Balaban J connectivity index is 1.56. The first-order valence-electron chi connectivity index (χ1n) is 10.3. The predicted molar refractivity (Wildman–Crippen MR) is 117 cm³/mol. The van der Waals surface area contributed by atoms with Gasteiger partial charge in [-0.05, 0) is 42.5 Å². The SMILES string of the molecule is COc1ccccc1CNC(=O)C1CCN(S(=O)(=O)c2ccc(C(C)C)cc2)CC1. The Hall–Kier alpha value is -2.38. The third-order valence-electron chi connectivity index (χ3n) is 5.65. The topological polar surface area (TPSA) is 75.7 Å². The number of benzene rings is 2. The molecule has 2 aromatic carbocycles. The lowest BCUT2D eigenvalue weighted by Gasteiger charge is -2.30. The number of carbonyl (C=O) groups excluding carboxylic acids is 1. The number of methoxy groups -OCH3 is 1. The third kappa shape index (κ3) is 5.02. The van der Waals surface area contributed by atoms with Gasteiger partial charge in [-0.15, -0.1) is 0 Å². The molecule has 0 saturated carbocycles. The van der Waals surface area contributed by atoms with E-state index in [1.807, 2.05) is 36.4 Å². The lowest BCUT2D eigenvalue weighted by atomic mass is 9.97. The molecule has 0 atom stereocenters. The number of amides is 1. The molecule has 1 heterocycles. The van der Waals surface area contributed by atoms with Crippen LogP contribution >= 0.6 is 0 Å². The standard InChI is InChI=1S/C23H30N2O4S/c1-17(2)18-8-10-21(11-9-18)30(27,28)25-14-12-19(13-15-25)23(26)24-16-20-6-4-5-7-22(20)29-3/h4-11,17,19H,12-16H2,1-3H3,(H,24,26). The number of rotatable bonds is 7. The lowest BCUT2D eigenvalue weighted by Crippen LogP contribution is -2.42. The Bertz CT molecular complexity index is 963. The molecule has 0 unspecified atom stereocenters. The van der Waals surface area contributed by atoms with E-state index in [-0.39, 0.29) is 11.8 Å². The van der Waals surface area contributed by atoms with Crippen molar-refractivity contribution < 1.29 is 17.9 Å². The van der Waals surface area contributed by atoms with Gasteiger partial charge in [0.05, 0.1) is 12.0 Å². The number of nitrogens with zero attached hydrogens (tertiary/aromatic N) is 1. The summed E-state index contributed by atoms with van der Waals surface area (Å²) in [6.07, 6.45) is 1.03. The highest BCUT2D eigenvalue weighted by Crippen LogP contribution is 2.25. The van der Waals surface area contributed by atoms with Gasteiger partial charge in [0.1, 0.15) is 5.75 Å². The summed E-state index contributed by atoms with van der Waals surface area (Å²) in [7, 11) is -1.93. The van der Waals surface area contributed by atoms with Gasteiger partial charge in [-0.25, -0.2) is 8.42 Å². The Morgan fingerprint density at radius 2 is 1.73 bits per heavy atom. The minimum Gasteiger partial charge on any atom is -0.496 e. The van der Waals surface area contributed by atoms with Crippen molar-refractivity contribution in [3.63, 3.8) is 0 Å². The summed E-state index contributed by atoms with van der Waals surface area (Å²) in [5.74, 6) is 0.864. The van der Waals surface area contributed by atoms with Crippen LogP contribution in [0.2, 0.25) is 0 Å². The molecule has 0 radical (unpaired) electrons. The number of hydrogen-bond acceptors (Lipinski definition) is 4. The molecule has 0 aromatic heterocycles. The van der Waals surface area contributed by atoms with Crippen LogP contribution in [0.1, 0.15) is 43.7 Å². The predicted octanol–water partition coefficient (Wildman–Crippen LogP) is 3.54. The first-order chi connectivity index (χ1) is 14.3. The fourth-order valence-corrected chi connectivity index (χ4v) is 5.18. The van der Waals surface area contributed by atoms with Crippen LogP contribution in [-0.2, 0) is 21.4 Å². The zero-order chi connectivity index (χ0) is 21.7. The van der Waals surface area contributed by atoms with Crippen LogP contribution in [0.25, 0.3) is 0 Å². The second-order valence-corrected chi connectivity index (χ2v) is 9.87. The maximum Gasteiger partial charge on any atom is 0.243 e. The number of para-hydroxylation sites is 1. The molecule has 1 saturated heterocycles. The van der Waals surface area contributed by atoms with E-state index in [2.05, 4.69) is 19.2 Å². The fraction of sp³-hybridized carbons (Fsp3) is 0.435. The van der Waals surface area contributed by atoms with Crippen molar-refractivity contribution in [3.05, 3.63) is 59.7 Å². The minimum atomic E-state index is -3.53. The second-order valence-electron chi connectivity index (χ2n) is 7.93. The fourth-order valence-electron chi connectivity index (χ4n) is 3.71. The van der Waals surface area contributed by atoms with Crippen molar-refractivity contribution in [1.82, 2.24) is 9.62 Å². The molecule has 1 fully saturated rings. The normalized spacial score (nSPS) is 15.9. The van der Waals surface area contributed by atoms with Gasteiger partial charge in [0.2, 0.25) is 15.9 Å². The highest BCUT2D eigenvalue weighted by atomic mass is 32.2. The summed E-state index contributed by atoms with van der Waals surface area (Å²) in [4.78, 5) is 12.9. The van der Waals surface area contributed by atoms with Crippen LogP contribution in [0.3, 0.4) is 0 Å². The molecular formula is C23H30N2O4S. The smallest absolute Gasteiger partial charge is 0.243 e. The molecule has 1 N–H and O–H groups in total. The molecule has 3 rings (SSSR count). The second kappa shape index (κ2) is 9.62. The van der Waals surface area contributed by atoms with Crippen molar-refractivity contribution >= 4 is 15.9 Å². The van der Waals surface area contributed by atoms with Crippen LogP contribution in [0.15, 0.2) is 53.4 Å². The highest BCUT2D eigenvalue weighted by molar-refractivity contribution is 7.89. The molecule has 30 heavy (non-hydrogen) atoms. The highest BCUT2D eigenvalue weighted by Gasteiger charge is 2.32. The summed E-state index contributed by atoms with van der Waals surface area (Å²) in [6, 6.07) is 14.7. The molecule has 7 heteroatoms. The van der Waals surface area contributed by atoms with E-state index >= 15 is 0 Å². The van der Waals surface area contributed by atoms with Crippen molar-refractivity contribution in [3.8, 4) is 5.75 Å². The van der Waals surface area contributed by atoms with Gasteiger partial charge in [0.25, 0.3) is 0 Å². The minimum absolute atomic E-state index is 0.0424. The van der Waals surface area contributed by atoms with E-state index in [4.69, 9.17) is 4.74 Å². The quantitative estimate of drug-likeness (QED) is 0.729. The molecular weight excluding hydrogens is 400 g/mol. The molecule has 162 valence electrons. The van der Waals surface area contributed by atoms with Crippen molar-refractivity contribution in [1.29, 1.82) is 0 Å². The van der Waals surface area contributed by atoms with Gasteiger partial charge in [0, 0.05) is 31.1 Å². The maximum absolute atomic E-state index is 12.9. The molecule has 1 aliphatic rings. The summed E-state index contributed by atoms with van der Waals surface area (Å²) in [6.45, 7) is 5.24. The molecule has 2 aromatic rings. The summed E-state index contributed by atoms with van der Waals surface area (Å²) >= 11 is 0. The molecule has 1 amide bonds. The summed E-state index contributed by atoms with van der Waals surface area (Å²) < 4.78 is 32.7. The monoisotopic (exact) mass is 430 g/mol. The number of piperidine rings is 1. The average molecular weight is 431 g/mol. The van der Waals surface area contributed by atoms with Gasteiger partial charge in [-0.3, -0.25) is 4.79 Å². The van der Waals surface area contributed by atoms with Crippen molar-refractivity contribution in [2.45, 2.75) is 44.0 Å². The van der Waals surface area contributed by atoms with Gasteiger partial charge >= 0.3 is 0 Å². The van der Waals surface area contributed by atoms with Crippen LogP contribution < -0.4 is 10.1 Å². The number of sulfonamides is 1. The molecule has 0 aliphatic carbocycles. The number of nitrogens with one attached hydrogen (secondary N) is 1. The van der Waals surface area contributed by atoms with Crippen LogP contribution in [0.4, 0.5) is 0 Å². The molecule has 0 bridgehead atoms. The molecule has 0 spiro atoms. The Morgan fingerprint density at radius 3 is 2.33 bits per heavy atom. The van der Waals surface area contributed by atoms with Gasteiger partial charge in [-0.1, -0.05) is 44.2 Å². The zero-order valence-electron chi connectivity index (χ0n) is 17.8. The van der Waals surface area contributed by atoms with E-state index in [1.54, 1.807) is 19.2 Å². The van der Waals surface area contributed by atoms with Crippen LogP contribution in [0.5, 0.6) is 5.75 Å². The van der Waals surface area contributed by atoms with Crippen molar-refractivity contribution in [2.24, 2.45) is 5.92 Å². The Kier molecular flexibility index (Phi) is 7.15. The summed E-state index contributed by atoms with van der Waals surface area (Å²) in [5.41, 5.74) is 2.03. The van der Waals surface area contributed by atoms with Gasteiger partial charge in [-0.2, -0.15) is 4.31 Å². The maximum atomic E-state index is 12.9. The lowest BCUT2D eigenvalue weighted by molar-refractivity contribution is -0.126. The van der Waals surface area contributed by atoms with Gasteiger partial charge in [0.15, 0.2) is 0 Å². The third-order valence-corrected chi connectivity index (χ3v) is 7.57. The van der Waals surface area contributed by atoms with E-state index in [0.29, 0.717) is 43.3 Å². The number of hydrogen-bond donors (Lipinski definition) is 1. The van der Waals surface area contributed by atoms with E-state index in [9.17, 15) is 13.2 Å². The first kappa shape index (κ1) is 22.3. The molecule has 1 aliphatic heterocycles.